The fraction of sp³-hybridized carbons (Fsp3) is 0.182. The van der Waals surface area contributed by atoms with E-state index in [0.29, 0.717) is 5.82 Å². The Kier molecular flexibility index (Phi) is 2.00. The maximum Gasteiger partial charge on any atom is 0.131 e. The van der Waals surface area contributed by atoms with Crippen LogP contribution in [-0.2, 0) is 6.42 Å². The first-order valence-corrected chi connectivity index (χ1v) is 4.59. The third-order valence-corrected chi connectivity index (χ3v) is 2.38. The lowest BCUT2D eigenvalue weighted by Gasteiger charge is -2.07. The van der Waals surface area contributed by atoms with Gasteiger partial charge in [0, 0.05) is 17.0 Å². The lowest BCUT2D eigenvalue weighted by atomic mass is 10.0. The molecule has 72 valence electrons. The van der Waals surface area contributed by atoms with Gasteiger partial charge in [-0.2, -0.15) is 0 Å². The number of benzene rings is 1. The van der Waals surface area contributed by atoms with Gasteiger partial charge in [-0.1, -0.05) is 19.1 Å². The topological polar surface area (TPSA) is 59.1 Å². The number of nitrogens with zero attached hydrogens (tertiary/aromatic N) is 1. The van der Waals surface area contributed by atoms with Gasteiger partial charge < -0.3 is 10.8 Å². The normalized spacial score (nSPS) is 10.6. The molecule has 2 rings (SSSR count). The maximum absolute atomic E-state index is 9.72. The standard InChI is InChI=1S/C11H12N2O/c1-2-7-6-13-11(12)8-4-3-5-9(14)10(7)8/h3-6,14H,2H2,1H3,(H2,12,13). The lowest BCUT2D eigenvalue weighted by Crippen LogP contribution is -1.94. The third-order valence-electron chi connectivity index (χ3n) is 2.38. The summed E-state index contributed by atoms with van der Waals surface area (Å²) in [5.74, 6) is 0.738. The van der Waals surface area contributed by atoms with Gasteiger partial charge in [0.05, 0.1) is 0 Å². The molecule has 3 N–H and O–H groups in total. The van der Waals surface area contributed by atoms with Crippen molar-refractivity contribution in [3.05, 3.63) is 30.0 Å². The largest absolute Gasteiger partial charge is 0.507 e. The van der Waals surface area contributed by atoms with Gasteiger partial charge in [0.15, 0.2) is 0 Å². The van der Waals surface area contributed by atoms with E-state index in [2.05, 4.69) is 4.98 Å². The molecule has 0 radical (unpaired) electrons. The molecular weight excluding hydrogens is 176 g/mol. The number of aromatic nitrogens is 1. The second-order valence-electron chi connectivity index (χ2n) is 3.22. The highest BCUT2D eigenvalue weighted by atomic mass is 16.3. The van der Waals surface area contributed by atoms with Crippen LogP contribution >= 0.6 is 0 Å². The first-order valence-electron chi connectivity index (χ1n) is 4.59. The Morgan fingerprint density at radius 1 is 1.43 bits per heavy atom. The van der Waals surface area contributed by atoms with Crippen molar-refractivity contribution in [1.82, 2.24) is 4.98 Å². The van der Waals surface area contributed by atoms with Gasteiger partial charge in [-0.15, -0.1) is 0 Å². The molecule has 3 heteroatoms. The highest BCUT2D eigenvalue weighted by molar-refractivity contribution is 5.97. The van der Waals surface area contributed by atoms with Crippen LogP contribution < -0.4 is 5.73 Å². The molecule has 0 aliphatic heterocycles. The van der Waals surface area contributed by atoms with E-state index in [0.717, 1.165) is 22.8 Å². The molecular formula is C11H12N2O. The van der Waals surface area contributed by atoms with Crippen LogP contribution in [0.1, 0.15) is 12.5 Å². The van der Waals surface area contributed by atoms with Crippen LogP contribution in [0.15, 0.2) is 24.4 Å². The number of aryl methyl sites for hydroxylation is 1. The lowest BCUT2D eigenvalue weighted by molar-refractivity contribution is 0.481. The first-order chi connectivity index (χ1) is 6.74. The fourth-order valence-corrected chi connectivity index (χ4v) is 1.64. The molecule has 0 unspecified atom stereocenters. The van der Waals surface area contributed by atoms with Gasteiger partial charge in [-0.05, 0) is 18.1 Å². The number of nitrogens with two attached hydrogens (primary N) is 1. The van der Waals surface area contributed by atoms with Gasteiger partial charge in [0.25, 0.3) is 0 Å². The van der Waals surface area contributed by atoms with E-state index in [4.69, 9.17) is 5.73 Å². The molecule has 1 heterocycles. The number of phenols is 1. The number of pyridine rings is 1. The number of rotatable bonds is 1. The number of hydrogen-bond acceptors (Lipinski definition) is 3. The summed E-state index contributed by atoms with van der Waals surface area (Å²) in [5, 5.41) is 11.4. The van der Waals surface area contributed by atoms with Crippen molar-refractivity contribution in [1.29, 1.82) is 0 Å². The number of anilines is 1. The molecule has 0 atom stereocenters. The molecule has 0 amide bonds. The molecule has 0 saturated carbocycles. The zero-order chi connectivity index (χ0) is 10.1. The second kappa shape index (κ2) is 3.18. The summed E-state index contributed by atoms with van der Waals surface area (Å²) in [6, 6.07) is 5.31. The van der Waals surface area contributed by atoms with Crippen molar-refractivity contribution >= 4 is 16.6 Å². The van der Waals surface area contributed by atoms with E-state index in [1.165, 1.54) is 0 Å². The quantitative estimate of drug-likeness (QED) is 0.720. The summed E-state index contributed by atoms with van der Waals surface area (Å²) >= 11 is 0. The van der Waals surface area contributed by atoms with Gasteiger partial charge in [-0.25, -0.2) is 4.98 Å². The zero-order valence-electron chi connectivity index (χ0n) is 7.99. The molecule has 2 aromatic rings. The first kappa shape index (κ1) is 8.81. The second-order valence-corrected chi connectivity index (χ2v) is 3.22. The summed E-state index contributed by atoms with van der Waals surface area (Å²) in [6.45, 7) is 2.03. The summed E-state index contributed by atoms with van der Waals surface area (Å²) in [6.07, 6.45) is 2.55. The Labute approximate surface area is 82.2 Å². The highest BCUT2D eigenvalue weighted by Crippen LogP contribution is 2.30. The molecule has 1 aromatic heterocycles. The average molecular weight is 188 g/mol. The van der Waals surface area contributed by atoms with E-state index in [1.807, 2.05) is 13.0 Å². The minimum absolute atomic E-state index is 0.272. The Bertz CT molecular complexity index is 480. The monoisotopic (exact) mass is 188 g/mol. The minimum atomic E-state index is 0.272. The minimum Gasteiger partial charge on any atom is -0.507 e. The summed E-state index contributed by atoms with van der Waals surface area (Å²) in [5.41, 5.74) is 6.75. The molecule has 1 aromatic carbocycles. The fourth-order valence-electron chi connectivity index (χ4n) is 1.64. The SMILES string of the molecule is CCc1cnc(N)c2cccc(O)c12. The maximum atomic E-state index is 9.72. The van der Waals surface area contributed by atoms with E-state index in [1.54, 1.807) is 18.3 Å². The van der Waals surface area contributed by atoms with Crippen LogP contribution in [0.4, 0.5) is 5.82 Å². The molecule has 0 fully saturated rings. The Balaban J connectivity index is 2.92. The van der Waals surface area contributed by atoms with Crippen molar-refractivity contribution in [2.45, 2.75) is 13.3 Å². The smallest absolute Gasteiger partial charge is 0.131 e. The number of fused-ring (bicyclic) bond motifs is 1. The number of hydrogen-bond donors (Lipinski definition) is 2. The molecule has 0 saturated heterocycles. The van der Waals surface area contributed by atoms with Crippen LogP contribution in [-0.4, -0.2) is 10.1 Å². The van der Waals surface area contributed by atoms with E-state index in [9.17, 15) is 5.11 Å². The van der Waals surface area contributed by atoms with Crippen LogP contribution in [0.5, 0.6) is 5.75 Å². The molecule has 14 heavy (non-hydrogen) atoms. The van der Waals surface area contributed by atoms with Gasteiger partial charge in [-0.3, -0.25) is 0 Å². The number of phenolic OH excluding ortho intramolecular Hbond substituents is 1. The molecule has 0 aliphatic rings. The highest BCUT2D eigenvalue weighted by Gasteiger charge is 2.07. The Hall–Kier alpha value is -1.77. The molecule has 0 aliphatic carbocycles. The van der Waals surface area contributed by atoms with Crippen molar-refractivity contribution in [3.8, 4) is 5.75 Å². The van der Waals surface area contributed by atoms with Crippen LogP contribution in [0.3, 0.4) is 0 Å². The molecule has 0 spiro atoms. The zero-order valence-corrected chi connectivity index (χ0v) is 7.99. The van der Waals surface area contributed by atoms with Crippen molar-refractivity contribution in [2.75, 3.05) is 5.73 Å². The Morgan fingerprint density at radius 3 is 2.93 bits per heavy atom. The van der Waals surface area contributed by atoms with Gasteiger partial charge >= 0.3 is 0 Å². The van der Waals surface area contributed by atoms with E-state index in [-0.39, 0.29) is 5.75 Å². The van der Waals surface area contributed by atoms with Gasteiger partial charge in [0.1, 0.15) is 11.6 Å². The van der Waals surface area contributed by atoms with Crippen LogP contribution in [0, 0.1) is 0 Å². The Morgan fingerprint density at radius 2 is 2.21 bits per heavy atom. The number of nitrogen functional groups attached to an aromatic ring is 1. The number of aromatic hydroxyl groups is 1. The van der Waals surface area contributed by atoms with Crippen molar-refractivity contribution < 1.29 is 5.11 Å². The van der Waals surface area contributed by atoms with Crippen molar-refractivity contribution in [2.24, 2.45) is 0 Å². The summed E-state index contributed by atoms with van der Waals surface area (Å²) < 4.78 is 0. The summed E-state index contributed by atoms with van der Waals surface area (Å²) in [4.78, 5) is 4.09. The molecule has 3 nitrogen and oxygen atoms in total. The van der Waals surface area contributed by atoms with Crippen LogP contribution in [0.25, 0.3) is 10.8 Å². The van der Waals surface area contributed by atoms with Crippen molar-refractivity contribution in [3.63, 3.8) is 0 Å². The third kappa shape index (κ3) is 1.18. The van der Waals surface area contributed by atoms with E-state index >= 15 is 0 Å². The molecule has 0 bridgehead atoms. The summed E-state index contributed by atoms with van der Waals surface area (Å²) in [7, 11) is 0. The predicted octanol–water partition coefficient (Wildman–Crippen LogP) is 2.09. The van der Waals surface area contributed by atoms with Crippen LogP contribution in [0.2, 0.25) is 0 Å². The van der Waals surface area contributed by atoms with E-state index < -0.39 is 0 Å². The predicted molar refractivity (Wildman–Crippen MR) is 57.2 cm³/mol. The average Bonchev–Trinajstić information content (AvgIpc) is 2.20. The van der Waals surface area contributed by atoms with Gasteiger partial charge in [0.2, 0.25) is 0 Å².